The molecule has 54 heavy (non-hydrogen) atoms. The summed E-state index contributed by atoms with van der Waals surface area (Å²) in [5.74, 6) is 0.845. The van der Waals surface area contributed by atoms with Crippen LogP contribution in [0, 0.1) is 0 Å². The third kappa shape index (κ3) is 9.55. The number of amides is 4. The summed E-state index contributed by atoms with van der Waals surface area (Å²) >= 11 is 0. The van der Waals surface area contributed by atoms with E-state index >= 15 is 0 Å². The summed E-state index contributed by atoms with van der Waals surface area (Å²) in [6, 6.07) is 29.1. The Bertz CT molecular complexity index is 1820. The predicted molar refractivity (Wildman–Crippen MR) is 211 cm³/mol. The van der Waals surface area contributed by atoms with Crippen LogP contribution >= 0.6 is 0 Å². The second-order valence-electron chi connectivity index (χ2n) is 13.5. The van der Waals surface area contributed by atoms with Crippen LogP contribution in [0.3, 0.4) is 0 Å². The topological polar surface area (TPSA) is 117 Å². The number of anilines is 2. The van der Waals surface area contributed by atoms with Crippen molar-refractivity contribution in [1.82, 2.24) is 9.80 Å². The van der Waals surface area contributed by atoms with Gasteiger partial charge in [-0.05, 0) is 87.1 Å². The highest BCUT2D eigenvalue weighted by Crippen LogP contribution is 2.26. The Morgan fingerprint density at radius 3 is 1.37 bits per heavy atom. The van der Waals surface area contributed by atoms with Gasteiger partial charge in [-0.2, -0.15) is 0 Å². The highest BCUT2D eigenvalue weighted by molar-refractivity contribution is 5.99. The van der Waals surface area contributed by atoms with Gasteiger partial charge in [0.1, 0.15) is 23.6 Å². The molecule has 2 atom stereocenters. The van der Waals surface area contributed by atoms with Gasteiger partial charge in [-0.15, -0.1) is 0 Å². The summed E-state index contributed by atoms with van der Waals surface area (Å²) in [5.41, 5.74) is 4.86. The Morgan fingerprint density at radius 2 is 0.981 bits per heavy atom. The first-order valence-electron chi connectivity index (χ1n) is 18.8. The Labute approximate surface area is 317 Å². The molecular formula is C44H48N4O6. The third-order valence-corrected chi connectivity index (χ3v) is 9.80. The van der Waals surface area contributed by atoms with Crippen LogP contribution in [0.15, 0.2) is 97.1 Å². The third-order valence-electron chi connectivity index (χ3n) is 9.80. The monoisotopic (exact) mass is 728 g/mol. The number of nitrogens with zero attached hydrogens (tertiary/aromatic N) is 2. The van der Waals surface area contributed by atoms with Crippen LogP contribution in [0.5, 0.6) is 11.5 Å². The zero-order valence-corrected chi connectivity index (χ0v) is 31.0. The van der Waals surface area contributed by atoms with Crippen molar-refractivity contribution >= 4 is 47.2 Å². The Morgan fingerprint density at radius 1 is 0.593 bits per heavy atom. The number of carbonyl (C=O) groups is 4. The fraction of sp³-hybridized carbons (Fsp3) is 0.318. The number of likely N-dealkylation sites (tertiary alicyclic amines) is 2. The maximum atomic E-state index is 13.3. The van der Waals surface area contributed by atoms with Crippen LogP contribution < -0.4 is 20.1 Å². The van der Waals surface area contributed by atoms with Gasteiger partial charge in [-0.25, -0.2) is 0 Å². The molecule has 10 heteroatoms. The molecule has 2 saturated heterocycles. The molecule has 0 saturated carbocycles. The molecule has 4 aromatic rings. The molecule has 2 aliphatic heterocycles. The second-order valence-corrected chi connectivity index (χ2v) is 13.5. The van der Waals surface area contributed by atoms with E-state index in [1.54, 1.807) is 9.80 Å². The molecule has 2 aliphatic rings. The van der Waals surface area contributed by atoms with Gasteiger partial charge < -0.3 is 29.9 Å². The van der Waals surface area contributed by atoms with E-state index in [1.807, 2.05) is 123 Å². The van der Waals surface area contributed by atoms with Crippen molar-refractivity contribution in [2.75, 3.05) is 36.9 Å². The Kier molecular flexibility index (Phi) is 12.8. The van der Waals surface area contributed by atoms with Crippen molar-refractivity contribution in [2.24, 2.45) is 0 Å². The molecule has 0 radical (unpaired) electrons. The molecule has 2 N–H and O–H groups in total. The van der Waals surface area contributed by atoms with E-state index in [1.165, 1.54) is 0 Å². The van der Waals surface area contributed by atoms with Crippen molar-refractivity contribution in [1.29, 1.82) is 0 Å². The molecule has 0 aliphatic carbocycles. The summed E-state index contributed by atoms with van der Waals surface area (Å²) in [6.45, 7) is 5.96. The lowest BCUT2D eigenvalue weighted by Gasteiger charge is -2.24. The molecule has 2 fully saturated rings. The maximum Gasteiger partial charge on any atom is 0.247 e. The molecular weight excluding hydrogens is 681 g/mol. The minimum atomic E-state index is -0.516. The number of benzene rings is 4. The van der Waals surface area contributed by atoms with Crippen LogP contribution in [-0.2, 0) is 32.0 Å². The van der Waals surface area contributed by atoms with Crippen LogP contribution in [0.2, 0.25) is 0 Å². The predicted octanol–water partition coefficient (Wildman–Crippen LogP) is 7.00. The number of ether oxygens (including phenoxy) is 2. The van der Waals surface area contributed by atoms with E-state index < -0.39 is 12.1 Å². The quantitative estimate of drug-likeness (QED) is 0.135. The van der Waals surface area contributed by atoms with Gasteiger partial charge in [-0.3, -0.25) is 19.2 Å². The summed E-state index contributed by atoms with van der Waals surface area (Å²) in [6.07, 6.45) is 7.12. The molecule has 280 valence electrons. The van der Waals surface area contributed by atoms with Crippen molar-refractivity contribution in [3.05, 3.63) is 119 Å². The van der Waals surface area contributed by atoms with Gasteiger partial charge >= 0.3 is 0 Å². The smallest absolute Gasteiger partial charge is 0.247 e. The Balaban J connectivity index is 0.987. The van der Waals surface area contributed by atoms with E-state index in [0.717, 1.165) is 35.1 Å². The molecule has 0 bridgehead atoms. The highest BCUT2D eigenvalue weighted by Gasteiger charge is 2.35. The van der Waals surface area contributed by atoms with Gasteiger partial charge in [0, 0.05) is 35.6 Å². The van der Waals surface area contributed by atoms with E-state index in [4.69, 9.17) is 9.47 Å². The zero-order chi connectivity index (χ0) is 37.9. The van der Waals surface area contributed by atoms with Crippen LogP contribution in [0.25, 0.3) is 12.2 Å². The fourth-order valence-electron chi connectivity index (χ4n) is 7.10. The standard InChI is InChI=1S/C44H48N4O6/c1-3-53-39-15-7-5-11-33(39)29-41(49)47-27-9-13-37(47)43(51)45-35-23-19-31(20-24-35)17-18-32-21-25-36(26-22-32)46-44(52)38-14-10-28-48(38)42(50)30-34-12-6-8-16-40(34)54-4-2/h5-8,11-12,15-26,37-38H,3-4,9-10,13-14,27-30H2,1-2H3,(H,45,51)(H,46,52)/t37-,38-/m0/s1. The number of carbonyl (C=O) groups excluding carboxylic acids is 4. The summed E-state index contributed by atoms with van der Waals surface area (Å²) in [7, 11) is 0. The second kappa shape index (κ2) is 18.2. The largest absolute Gasteiger partial charge is 0.494 e. The van der Waals surface area contributed by atoms with Gasteiger partial charge in [0.15, 0.2) is 0 Å². The molecule has 2 heterocycles. The van der Waals surface area contributed by atoms with Crippen molar-refractivity contribution < 1.29 is 28.7 Å². The molecule has 0 aromatic heterocycles. The fourth-order valence-corrected chi connectivity index (χ4v) is 7.10. The van der Waals surface area contributed by atoms with Crippen molar-refractivity contribution in [3.63, 3.8) is 0 Å². The number of para-hydroxylation sites is 2. The van der Waals surface area contributed by atoms with Crippen LogP contribution in [0.4, 0.5) is 11.4 Å². The lowest BCUT2D eigenvalue weighted by atomic mass is 10.1. The SMILES string of the molecule is CCOc1ccccc1CC(=O)N1CCC[C@H]1C(=O)Nc1ccc(C=Cc2ccc(NC(=O)[C@@H]3CCCN3C(=O)Cc3ccccc3OCC)cc2)cc1. The van der Waals surface area contributed by atoms with Gasteiger partial charge in [0.25, 0.3) is 0 Å². The van der Waals surface area contributed by atoms with Crippen molar-refractivity contribution in [3.8, 4) is 11.5 Å². The summed E-state index contributed by atoms with van der Waals surface area (Å²) < 4.78 is 11.4. The molecule has 10 nitrogen and oxygen atoms in total. The average molecular weight is 729 g/mol. The molecule has 6 rings (SSSR count). The van der Waals surface area contributed by atoms with Crippen molar-refractivity contribution in [2.45, 2.75) is 64.5 Å². The lowest BCUT2D eigenvalue weighted by molar-refractivity contribution is -0.136. The number of hydrogen-bond acceptors (Lipinski definition) is 6. The van der Waals surface area contributed by atoms with Crippen LogP contribution in [0.1, 0.15) is 61.8 Å². The van der Waals surface area contributed by atoms with Crippen LogP contribution in [-0.4, -0.2) is 71.8 Å². The Hall–Kier alpha value is -5.90. The first-order valence-corrected chi connectivity index (χ1v) is 18.8. The van der Waals surface area contributed by atoms with E-state index in [-0.39, 0.29) is 36.5 Å². The number of hydrogen-bond donors (Lipinski definition) is 2. The van der Waals surface area contributed by atoms with Gasteiger partial charge in [0.05, 0.1) is 26.1 Å². The van der Waals surface area contributed by atoms with Gasteiger partial charge in [0.2, 0.25) is 23.6 Å². The molecule has 0 unspecified atom stereocenters. The van der Waals surface area contributed by atoms with E-state index in [9.17, 15) is 19.2 Å². The molecule has 0 spiro atoms. The molecule has 4 amide bonds. The minimum Gasteiger partial charge on any atom is -0.494 e. The average Bonchev–Trinajstić information content (AvgIpc) is 3.89. The van der Waals surface area contributed by atoms with E-state index in [0.29, 0.717) is 62.0 Å². The zero-order valence-electron chi connectivity index (χ0n) is 31.0. The first kappa shape index (κ1) is 37.8. The van der Waals surface area contributed by atoms with E-state index in [2.05, 4.69) is 10.6 Å². The summed E-state index contributed by atoms with van der Waals surface area (Å²) in [4.78, 5) is 56.4. The number of rotatable bonds is 14. The molecule has 4 aromatic carbocycles. The summed E-state index contributed by atoms with van der Waals surface area (Å²) in [5, 5.41) is 5.98. The maximum absolute atomic E-state index is 13.3. The highest BCUT2D eigenvalue weighted by atomic mass is 16.5. The lowest BCUT2D eigenvalue weighted by Crippen LogP contribution is -2.43. The van der Waals surface area contributed by atoms with Gasteiger partial charge in [-0.1, -0.05) is 72.8 Å². The number of nitrogens with one attached hydrogen (secondary N) is 2. The minimum absolute atomic E-state index is 0.0841. The normalized spacial score (nSPS) is 16.7. The first-order chi connectivity index (χ1) is 26.3.